The van der Waals surface area contributed by atoms with Gasteiger partial charge in [-0.05, 0) is 31.7 Å². The van der Waals surface area contributed by atoms with Crippen molar-refractivity contribution in [2.75, 3.05) is 13.1 Å². The first-order valence-electron chi connectivity index (χ1n) is 9.27. The van der Waals surface area contributed by atoms with Crippen molar-refractivity contribution in [3.8, 4) is 11.4 Å². The minimum atomic E-state index is -3.56. The highest BCUT2D eigenvalue weighted by Gasteiger charge is 2.27. The minimum Gasteiger partial charge on any atom is -0.334 e. The summed E-state index contributed by atoms with van der Waals surface area (Å²) in [4.78, 5) is 18.2. The van der Waals surface area contributed by atoms with Crippen LogP contribution >= 0.6 is 11.3 Å². The summed E-state index contributed by atoms with van der Waals surface area (Å²) in [6.07, 6.45) is 6.99. The summed E-state index contributed by atoms with van der Waals surface area (Å²) in [5.41, 5.74) is 0.535. The maximum Gasteiger partial charge on any atom is 0.316 e. The van der Waals surface area contributed by atoms with E-state index in [0.717, 1.165) is 56.3 Å². The largest absolute Gasteiger partial charge is 0.334 e. The van der Waals surface area contributed by atoms with Crippen molar-refractivity contribution in [3.63, 3.8) is 0 Å². The lowest BCUT2D eigenvalue weighted by atomic mass is 9.96. The van der Waals surface area contributed by atoms with E-state index in [2.05, 4.69) is 14.9 Å². The van der Waals surface area contributed by atoms with Crippen LogP contribution in [0, 0.1) is 0 Å². The summed E-state index contributed by atoms with van der Waals surface area (Å²) in [6.45, 7) is 1.40. The van der Waals surface area contributed by atoms with E-state index >= 15 is 0 Å². The zero-order valence-electron chi connectivity index (χ0n) is 14.9. The number of likely N-dealkylation sites (tertiary alicyclic amines) is 1. The second kappa shape index (κ2) is 7.69. The molecule has 1 saturated carbocycles. The zero-order valence-corrected chi connectivity index (χ0v) is 16.5. The Balaban J connectivity index is 1.48. The van der Waals surface area contributed by atoms with Gasteiger partial charge in [-0.25, -0.2) is 13.1 Å². The van der Waals surface area contributed by atoms with Gasteiger partial charge in [0.25, 0.3) is 0 Å². The van der Waals surface area contributed by atoms with Gasteiger partial charge in [0.1, 0.15) is 4.21 Å². The highest BCUT2D eigenvalue weighted by atomic mass is 32.2. The van der Waals surface area contributed by atoms with E-state index in [4.69, 9.17) is 4.52 Å². The number of nitrogens with zero attached hydrogens (tertiary/aromatic N) is 3. The van der Waals surface area contributed by atoms with Crippen LogP contribution in [0.3, 0.4) is 0 Å². The van der Waals surface area contributed by atoms with Crippen LogP contribution in [0.4, 0.5) is 0 Å². The van der Waals surface area contributed by atoms with Crippen molar-refractivity contribution >= 4 is 27.3 Å². The highest BCUT2D eigenvalue weighted by molar-refractivity contribution is 7.91. The molecule has 2 aromatic rings. The monoisotopic (exact) mass is 410 g/mol. The number of rotatable bonds is 5. The van der Waals surface area contributed by atoms with Crippen molar-refractivity contribution in [1.82, 2.24) is 19.8 Å². The molecule has 146 valence electrons. The number of aromatic nitrogens is 2. The van der Waals surface area contributed by atoms with Crippen LogP contribution in [0.2, 0.25) is 0 Å². The minimum absolute atomic E-state index is 0.00385. The van der Waals surface area contributed by atoms with Gasteiger partial charge < -0.3 is 9.42 Å². The van der Waals surface area contributed by atoms with Crippen molar-refractivity contribution < 1.29 is 17.7 Å². The van der Waals surface area contributed by atoms with E-state index in [1.54, 1.807) is 10.3 Å². The number of amides is 1. The van der Waals surface area contributed by atoms with Gasteiger partial charge in [0.05, 0.1) is 0 Å². The van der Waals surface area contributed by atoms with E-state index in [0.29, 0.717) is 18.7 Å². The average Bonchev–Trinajstić information content (AvgIpc) is 3.42. The van der Waals surface area contributed by atoms with Crippen LogP contribution in [0.15, 0.2) is 20.2 Å². The number of hydrogen-bond donors (Lipinski definition) is 1. The van der Waals surface area contributed by atoms with Gasteiger partial charge in [0, 0.05) is 30.1 Å². The molecule has 2 aliphatic rings. The number of carbonyl (C=O) groups is 1. The van der Waals surface area contributed by atoms with Gasteiger partial charge in [0.2, 0.25) is 15.8 Å². The molecular weight excluding hydrogens is 388 g/mol. The Hall–Kier alpha value is -1.78. The van der Waals surface area contributed by atoms with Crippen LogP contribution in [0.25, 0.3) is 11.4 Å². The molecule has 3 heterocycles. The summed E-state index contributed by atoms with van der Waals surface area (Å²) in [6, 6.07) is 1.54. The van der Waals surface area contributed by atoms with Crippen LogP contribution in [-0.4, -0.2) is 48.5 Å². The molecule has 1 saturated heterocycles. The number of carbonyl (C=O) groups excluding carboxylic acids is 1. The molecule has 27 heavy (non-hydrogen) atoms. The molecule has 0 atom stereocenters. The molecule has 0 bridgehead atoms. The molecule has 0 unspecified atom stereocenters. The zero-order chi connectivity index (χ0) is 18.9. The lowest BCUT2D eigenvalue weighted by molar-refractivity contribution is 0.0743. The third-order valence-corrected chi connectivity index (χ3v) is 7.99. The van der Waals surface area contributed by atoms with Crippen molar-refractivity contribution in [3.05, 3.63) is 17.3 Å². The van der Waals surface area contributed by atoms with Crippen LogP contribution in [0.1, 0.15) is 55.6 Å². The van der Waals surface area contributed by atoms with Gasteiger partial charge in [-0.15, -0.1) is 11.3 Å². The number of nitrogens with one attached hydrogen (secondary N) is 1. The molecule has 2 fully saturated rings. The van der Waals surface area contributed by atoms with E-state index in [1.165, 1.54) is 6.07 Å². The predicted octanol–water partition coefficient (Wildman–Crippen LogP) is 2.65. The maximum absolute atomic E-state index is 12.6. The lowest BCUT2D eigenvalue weighted by Crippen LogP contribution is -2.35. The molecule has 4 rings (SSSR count). The van der Waals surface area contributed by atoms with Gasteiger partial charge in [-0.3, -0.25) is 4.79 Å². The lowest BCUT2D eigenvalue weighted by Gasteiger charge is -2.22. The van der Waals surface area contributed by atoms with Gasteiger partial charge in [0.15, 0.2) is 0 Å². The summed E-state index contributed by atoms with van der Waals surface area (Å²) in [5, 5.41) is 5.52. The molecule has 0 aromatic carbocycles. The molecular formula is C17H22N4O4S2. The quantitative estimate of drug-likeness (QED) is 0.812. The SMILES string of the molecule is O=C(c1nc(-c2csc(S(=O)(=O)NC3CCCCC3)c2)no1)N1CCCC1. The van der Waals surface area contributed by atoms with Crippen LogP contribution < -0.4 is 4.72 Å². The van der Waals surface area contributed by atoms with Gasteiger partial charge in [-0.1, -0.05) is 24.4 Å². The topological polar surface area (TPSA) is 105 Å². The normalized spacial score (nSPS) is 18.9. The first-order valence-corrected chi connectivity index (χ1v) is 11.6. The summed E-state index contributed by atoms with van der Waals surface area (Å²) >= 11 is 1.12. The first-order chi connectivity index (χ1) is 13.0. The van der Waals surface area contributed by atoms with Crippen LogP contribution in [-0.2, 0) is 10.0 Å². The third kappa shape index (κ3) is 4.07. The fourth-order valence-electron chi connectivity index (χ4n) is 3.56. The summed E-state index contributed by atoms with van der Waals surface area (Å²) in [7, 11) is -3.56. The average molecular weight is 411 g/mol. The Morgan fingerprint density at radius 3 is 2.67 bits per heavy atom. The smallest absolute Gasteiger partial charge is 0.316 e. The van der Waals surface area contributed by atoms with E-state index in [1.807, 2.05) is 0 Å². The Morgan fingerprint density at radius 2 is 1.93 bits per heavy atom. The standard InChI is InChI=1S/C17H22N4O4S2/c22-17(21-8-4-5-9-21)16-18-15(19-25-16)12-10-14(26-11-12)27(23,24)20-13-6-2-1-3-7-13/h10-11,13,20H,1-9H2. The molecule has 8 nitrogen and oxygen atoms in total. The molecule has 2 aromatic heterocycles. The molecule has 1 aliphatic carbocycles. The van der Waals surface area contributed by atoms with Crippen molar-refractivity contribution in [2.24, 2.45) is 0 Å². The second-order valence-corrected chi connectivity index (χ2v) is 9.89. The number of thiophene rings is 1. The maximum atomic E-state index is 12.6. The van der Waals surface area contributed by atoms with Gasteiger partial charge in [-0.2, -0.15) is 4.98 Å². The van der Waals surface area contributed by atoms with E-state index in [9.17, 15) is 13.2 Å². The van der Waals surface area contributed by atoms with E-state index < -0.39 is 10.0 Å². The molecule has 0 radical (unpaired) electrons. The molecule has 1 aliphatic heterocycles. The molecule has 10 heteroatoms. The Labute approximate surface area is 162 Å². The van der Waals surface area contributed by atoms with Crippen molar-refractivity contribution in [2.45, 2.75) is 55.2 Å². The number of hydrogen-bond acceptors (Lipinski definition) is 7. The Kier molecular flexibility index (Phi) is 5.29. The predicted molar refractivity (Wildman–Crippen MR) is 99.9 cm³/mol. The number of sulfonamides is 1. The Morgan fingerprint density at radius 1 is 1.19 bits per heavy atom. The molecule has 0 spiro atoms. The third-order valence-electron chi connectivity index (χ3n) is 5.03. The fraction of sp³-hybridized carbons (Fsp3) is 0.588. The van der Waals surface area contributed by atoms with Crippen LogP contribution in [0.5, 0.6) is 0 Å². The molecule has 1 N–H and O–H groups in total. The Bertz CT molecular complexity index is 909. The summed E-state index contributed by atoms with van der Waals surface area (Å²) in [5.74, 6) is -0.0935. The van der Waals surface area contributed by atoms with Gasteiger partial charge >= 0.3 is 11.8 Å². The summed E-state index contributed by atoms with van der Waals surface area (Å²) < 4.78 is 33.3. The first kappa shape index (κ1) is 18.6. The molecule has 1 amide bonds. The highest BCUT2D eigenvalue weighted by Crippen LogP contribution is 2.28. The van der Waals surface area contributed by atoms with E-state index in [-0.39, 0.29) is 27.9 Å². The van der Waals surface area contributed by atoms with Crippen molar-refractivity contribution in [1.29, 1.82) is 0 Å². The fourth-order valence-corrected chi connectivity index (χ4v) is 6.04. The second-order valence-electron chi connectivity index (χ2n) is 7.03.